The van der Waals surface area contributed by atoms with Crippen LogP contribution in [0.25, 0.3) is 5.57 Å². The van der Waals surface area contributed by atoms with Crippen molar-refractivity contribution in [2.24, 2.45) is 0 Å². The van der Waals surface area contributed by atoms with Gasteiger partial charge in [-0.1, -0.05) is 54.1 Å². The molecule has 0 radical (unpaired) electrons. The van der Waals surface area contributed by atoms with Gasteiger partial charge in [0.05, 0.1) is 5.57 Å². The molecule has 1 aliphatic carbocycles. The van der Waals surface area contributed by atoms with E-state index >= 15 is 0 Å². The third kappa shape index (κ3) is 2.37. The highest BCUT2D eigenvalue weighted by Crippen LogP contribution is 2.48. The third-order valence-corrected chi connectivity index (χ3v) is 3.91. The van der Waals surface area contributed by atoms with Crippen molar-refractivity contribution in [2.75, 3.05) is 0 Å². The molecule has 0 aliphatic heterocycles. The lowest BCUT2D eigenvalue weighted by Gasteiger charge is -2.15. The van der Waals surface area contributed by atoms with Crippen molar-refractivity contribution < 1.29 is 13.2 Å². The van der Waals surface area contributed by atoms with E-state index < -0.39 is 11.7 Å². The number of benzene rings is 2. The molecule has 0 fully saturated rings. The summed E-state index contributed by atoms with van der Waals surface area (Å²) in [7, 11) is 0. The quantitative estimate of drug-likeness (QED) is 0.659. The van der Waals surface area contributed by atoms with Crippen molar-refractivity contribution in [1.82, 2.24) is 0 Å². The fourth-order valence-corrected chi connectivity index (χ4v) is 3.13. The standard InChI is InChI=1S/C18H15F3/c1-11-8-12(2)17-15(9-11)14(10-16(17)18(19,20)21)13-6-4-3-5-7-13/h3-10,14H,1-2H3. The van der Waals surface area contributed by atoms with Crippen LogP contribution in [0, 0.1) is 13.8 Å². The summed E-state index contributed by atoms with van der Waals surface area (Å²) in [5.41, 5.74) is 3.16. The van der Waals surface area contributed by atoms with Crippen LogP contribution in [0.1, 0.15) is 33.7 Å². The van der Waals surface area contributed by atoms with Crippen LogP contribution in [0.4, 0.5) is 13.2 Å². The Hall–Kier alpha value is -2.03. The van der Waals surface area contributed by atoms with Crippen LogP contribution in [-0.2, 0) is 0 Å². The summed E-state index contributed by atoms with van der Waals surface area (Å²) in [6.07, 6.45) is -2.97. The summed E-state index contributed by atoms with van der Waals surface area (Å²) >= 11 is 0. The fourth-order valence-electron chi connectivity index (χ4n) is 3.13. The Labute approximate surface area is 121 Å². The number of alkyl halides is 3. The molecule has 3 heteroatoms. The molecule has 1 unspecified atom stereocenters. The van der Waals surface area contributed by atoms with Crippen LogP contribution in [0.3, 0.4) is 0 Å². The average molecular weight is 288 g/mol. The Morgan fingerprint density at radius 3 is 2.24 bits per heavy atom. The largest absolute Gasteiger partial charge is 0.416 e. The third-order valence-electron chi connectivity index (χ3n) is 3.91. The Balaban J connectivity index is 2.24. The summed E-state index contributed by atoms with van der Waals surface area (Å²) in [5, 5.41) is 0. The molecule has 0 amide bonds. The van der Waals surface area contributed by atoms with E-state index in [1.165, 1.54) is 6.08 Å². The summed E-state index contributed by atoms with van der Waals surface area (Å²) in [5.74, 6) is -0.323. The van der Waals surface area contributed by atoms with E-state index in [4.69, 9.17) is 0 Å². The minimum absolute atomic E-state index is 0.323. The number of hydrogen-bond acceptors (Lipinski definition) is 0. The van der Waals surface area contributed by atoms with E-state index in [2.05, 4.69) is 0 Å². The van der Waals surface area contributed by atoms with Crippen LogP contribution in [0.2, 0.25) is 0 Å². The van der Waals surface area contributed by atoms with Crippen LogP contribution in [0.5, 0.6) is 0 Å². The summed E-state index contributed by atoms with van der Waals surface area (Å²) in [6.45, 7) is 3.67. The number of aryl methyl sites for hydroxylation is 2. The second-order valence-electron chi connectivity index (χ2n) is 5.51. The number of allylic oxidation sites excluding steroid dienone is 2. The minimum Gasteiger partial charge on any atom is -0.166 e. The second kappa shape index (κ2) is 4.76. The van der Waals surface area contributed by atoms with Gasteiger partial charge in [0.1, 0.15) is 0 Å². The molecular weight excluding hydrogens is 273 g/mol. The Morgan fingerprint density at radius 1 is 0.952 bits per heavy atom. The van der Waals surface area contributed by atoms with E-state index in [1.54, 1.807) is 6.92 Å². The number of hydrogen-bond donors (Lipinski definition) is 0. The maximum Gasteiger partial charge on any atom is 0.416 e. The zero-order chi connectivity index (χ0) is 15.2. The SMILES string of the molecule is Cc1cc(C)c2c(c1)C(c1ccccc1)C=C2C(F)(F)F. The molecule has 0 nitrogen and oxygen atoms in total. The molecular formula is C18H15F3. The van der Waals surface area contributed by atoms with Gasteiger partial charge in [-0.2, -0.15) is 13.2 Å². The number of halogens is 3. The first-order chi connectivity index (χ1) is 9.88. The van der Waals surface area contributed by atoms with Gasteiger partial charge < -0.3 is 0 Å². The van der Waals surface area contributed by atoms with E-state index in [9.17, 15) is 13.2 Å². The van der Waals surface area contributed by atoms with Gasteiger partial charge in [0.15, 0.2) is 0 Å². The Morgan fingerprint density at radius 2 is 1.62 bits per heavy atom. The highest BCUT2D eigenvalue weighted by atomic mass is 19.4. The van der Waals surface area contributed by atoms with Crippen LogP contribution in [0.15, 0.2) is 48.5 Å². The van der Waals surface area contributed by atoms with Gasteiger partial charge in [-0.15, -0.1) is 0 Å². The molecule has 0 saturated carbocycles. The number of fused-ring (bicyclic) bond motifs is 1. The summed E-state index contributed by atoms with van der Waals surface area (Å²) < 4.78 is 40.0. The molecule has 2 aromatic rings. The van der Waals surface area contributed by atoms with Gasteiger partial charge in [0.25, 0.3) is 0 Å². The van der Waals surface area contributed by atoms with E-state index in [0.717, 1.165) is 16.7 Å². The molecule has 21 heavy (non-hydrogen) atoms. The molecule has 0 bridgehead atoms. The molecule has 0 heterocycles. The van der Waals surface area contributed by atoms with Crippen molar-refractivity contribution >= 4 is 5.57 Å². The van der Waals surface area contributed by atoms with E-state index in [1.807, 2.05) is 49.4 Å². The van der Waals surface area contributed by atoms with Gasteiger partial charge in [-0.05, 0) is 36.1 Å². The maximum absolute atomic E-state index is 13.3. The molecule has 1 atom stereocenters. The van der Waals surface area contributed by atoms with Gasteiger partial charge in [0, 0.05) is 5.92 Å². The summed E-state index contributed by atoms with van der Waals surface area (Å²) in [6, 6.07) is 13.0. The van der Waals surface area contributed by atoms with Gasteiger partial charge in [-0.25, -0.2) is 0 Å². The molecule has 0 spiro atoms. The number of rotatable bonds is 1. The zero-order valence-corrected chi connectivity index (χ0v) is 11.8. The predicted molar refractivity (Wildman–Crippen MR) is 78.2 cm³/mol. The van der Waals surface area contributed by atoms with E-state index in [-0.39, 0.29) is 5.92 Å². The molecule has 0 saturated heterocycles. The van der Waals surface area contributed by atoms with Crippen molar-refractivity contribution in [1.29, 1.82) is 0 Å². The Bertz CT molecular complexity index is 709. The first kappa shape index (κ1) is 13.9. The molecule has 0 N–H and O–H groups in total. The lowest BCUT2D eigenvalue weighted by atomic mass is 9.90. The van der Waals surface area contributed by atoms with Crippen LogP contribution in [-0.4, -0.2) is 6.18 Å². The van der Waals surface area contributed by atoms with Crippen LogP contribution < -0.4 is 0 Å². The Kier molecular flexibility index (Phi) is 3.16. The molecule has 1 aliphatic rings. The van der Waals surface area contributed by atoms with Crippen molar-refractivity contribution in [3.8, 4) is 0 Å². The molecule has 108 valence electrons. The first-order valence-corrected chi connectivity index (χ1v) is 6.83. The maximum atomic E-state index is 13.3. The van der Waals surface area contributed by atoms with Gasteiger partial charge in [0.2, 0.25) is 0 Å². The first-order valence-electron chi connectivity index (χ1n) is 6.83. The average Bonchev–Trinajstić information content (AvgIpc) is 2.79. The minimum atomic E-state index is -4.32. The molecule has 2 aromatic carbocycles. The highest BCUT2D eigenvalue weighted by molar-refractivity contribution is 5.81. The highest BCUT2D eigenvalue weighted by Gasteiger charge is 2.41. The fraction of sp³-hybridized carbons (Fsp3) is 0.222. The monoisotopic (exact) mass is 288 g/mol. The predicted octanol–water partition coefficient (Wildman–Crippen LogP) is 5.39. The molecule has 3 rings (SSSR count). The normalized spacial score (nSPS) is 17.6. The molecule has 0 aromatic heterocycles. The van der Waals surface area contributed by atoms with Crippen LogP contribution >= 0.6 is 0 Å². The van der Waals surface area contributed by atoms with Crippen molar-refractivity contribution in [2.45, 2.75) is 25.9 Å². The van der Waals surface area contributed by atoms with Crippen molar-refractivity contribution in [3.63, 3.8) is 0 Å². The second-order valence-corrected chi connectivity index (χ2v) is 5.51. The van der Waals surface area contributed by atoms with Crippen molar-refractivity contribution in [3.05, 3.63) is 76.4 Å². The lowest BCUT2D eigenvalue weighted by Crippen LogP contribution is -2.10. The van der Waals surface area contributed by atoms with E-state index in [0.29, 0.717) is 11.1 Å². The zero-order valence-electron chi connectivity index (χ0n) is 11.8. The van der Waals surface area contributed by atoms with Gasteiger partial charge >= 0.3 is 6.18 Å². The topological polar surface area (TPSA) is 0 Å². The smallest absolute Gasteiger partial charge is 0.166 e. The summed E-state index contributed by atoms with van der Waals surface area (Å²) in [4.78, 5) is 0. The van der Waals surface area contributed by atoms with Gasteiger partial charge in [-0.3, -0.25) is 0 Å². The lowest BCUT2D eigenvalue weighted by molar-refractivity contribution is -0.0688.